The fraction of sp³-hybridized carbons (Fsp3) is 0.158. The number of rotatable bonds is 6. The number of benzene rings is 2. The Hall–Kier alpha value is -2.64. The van der Waals surface area contributed by atoms with Crippen molar-refractivity contribution in [2.75, 3.05) is 14.2 Å². The van der Waals surface area contributed by atoms with Crippen molar-refractivity contribution >= 4 is 10.0 Å². The number of nitrogens with one attached hydrogen (secondary N) is 1. The van der Waals surface area contributed by atoms with E-state index in [1.165, 1.54) is 31.5 Å². The molecule has 136 valence electrons. The topological polar surface area (TPSA) is 60.3 Å². The average molecular weight is 374 g/mol. The number of halogens is 1. The highest BCUT2D eigenvalue weighted by atomic mass is 32.2. The Morgan fingerprint density at radius 2 is 1.88 bits per heavy atom. The molecule has 0 aliphatic heterocycles. The van der Waals surface area contributed by atoms with E-state index in [-0.39, 0.29) is 16.2 Å². The second-order valence-electron chi connectivity index (χ2n) is 5.72. The highest BCUT2D eigenvalue weighted by Gasteiger charge is 2.23. The van der Waals surface area contributed by atoms with Gasteiger partial charge in [-0.25, -0.2) is 16.8 Å². The van der Waals surface area contributed by atoms with Gasteiger partial charge in [0, 0.05) is 24.4 Å². The van der Waals surface area contributed by atoms with Gasteiger partial charge in [0.05, 0.1) is 17.7 Å². The fourth-order valence-corrected chi connectivity index (χ4v) is 4.16. The van der Waals surface area contributed by atoms with Gasteiger partial charge in [-0.15, -0.1) is 0 Å². The van der Waals surface area contributed by atoms with Crippen LogP contribution in [0.1, 0.15) is 5.56 Å². The molecule has 0 saturated carbocycles. The van der Waals surface area contributed by atoms with Gasteiger partial charge in [-0.05, 0) is 42.9 Å². The zero-order valence-corrected chi connectivity index (χ0v) is 15.3. The van der Waals surface area contributed by atoms with Crippen LogP contribution < -0.4 is 10.1 Å². The van der Waals surface area contributed by atoms with Crippen LogP contribution in [0.15, 0.2) is 65.7 Å². The summed E-state index contributed by atoms with van der Waals surface area (Å²) in [5.74, 6) is -0.0511. The van der Waals surface area contributed by atoms with Crippen molar-refractivity contribution in [3.63, 3.8) is 0 Å². The van der Waals surface area contributed by atoms with Gasteiger partial charge in [0.15, 0.2) is 0 Å². The zero-order valence-electron chi connectivity index (χ0n) is 14.4. The standard InChI is InChI=1S/C19H19FN2O3S/c1-21-12-14-10-19(17-8-3-4-9-18(17)20)22(13-14)26(23,24)16-7-5-6-15(11-16)25-2/h3-11,13,21H,12H2,1-2H3. The summed E-state index contributed by atoms with van der Waals surface area (Å²) in [6.45, 7) is 0.460. The van der Waals surface area contributed by atoms with Crippen molar-refractivity contribution in [1.29, 1.82) is 0 Å². The van der Waals surface area contributed by atoms with Crippen molar-refractivity contribution in [3.05, 3.63) is 72.2 Å². The number of nitrogens with zero attached hydrogens (tertiary/aromatic N) is 1. The van der Waals surface area contributed by atoms with Gasteiger partial charge in [-0.3, -0.25) is 0 Å². The van der Waals surface area contributed by atoms with Crippen LogP contribution in [-0.4, -0.2) is 26.5 Å². The van der Waals surface area contributed by atoms with E-state index in [1.807, 2.05) is 0 Å². The van der Waals surface area contributed by atoms with Crippen LogP contribution in [-0.2, 0) is 16.6 Å². The molecule has 3 aromatic rings. The molecule has 7 heteroatoms. The summed E-state index contributed by atoms with van der Waals surface area (Å²) in [6.07, 6.45) is 1.51. The van der Waals surface area contributed by atoms with Gasteiger partial charge in [-0.2, -0.15) is 0 Å². The Morgan fingerprint density at radius 1 is 1.12 bits per heavy atom. The Kier molecular flexibility index (Phi) is 5.11. The van der Waals surface area contributed by atoms with Crippen LogP contribution in [0, 0.1) is 5.82 Å². The molecule has 0 fully saturated rings. The third-order valence-corrected chi connectivity index (χ3v) is 5.64. The highest BCUT2D eigenvalue weighted by molar-refractivity contribution is 7.90. The summed E-state index contributed by atoms with van der Waals surface area (Å²) in [5.41, 5.74) is 1.23. The van der Waals surface area contributed by atoms with E-state index >= 15 is 0 Å². The first-order valence-electron chi connectivity index (χ1n) is 7.98. The van der Waals surface area contributed by atoms with Gasteiger partial charge in [0.25, 0.3) is 10.0 Å². The Bertz CT molecular complexity index is 1030. The molecule has 0 aliphatic carbocycles. The molecule has 0 spiro atoms. The normalized spacial score (nSPS) is 11.5. The maximum Gasteiger partial charge on any atom is 0.268 e. The predicted molar refractivity (Wildman–Crippen MR) is 98.2 cm³/mol. The van der Waals surface area contributed by atoms with E-state index in [9.17, 15) is 12.8 Å². The molecular weight excluding hydrogens is 355 g/mol. The van der Waals surface area contributed by atoms with E-state index in [4.69, 9.17) is 4.74 Å². The van der Waals surface area contributed by atoms with Crippen molar-refractivity contribution < 1.29 is 17.5 Å². The second-order valence-corrected chi connectivity index (χ2v) is 7.54. The average Bonchev–Trinajstić information content (AvgIpc) is 3.07. The third-order valence-electron chi connectivity index (χ3n) is 3.97. The van der Waals surface area contributed by atoms with Gasteiger partial charge in [-0.1, -0.05) is 18.2 Å². The molecule has 0 unspecified atom stereocenters. The van der Waals surface area contributed by atoms with E-state index in [0.717, 1.165) is 9.54 Å². The molecule has 26 heavy (non-hydrogen) atoms. The van der Waals surface area contributed by atoms with Gasteiger partial charge in [0.2, 0.25) is 0 Å². The maximum atomic E-state index is 14.3. The Balaban J connectivity index is 2.21. The van der Waals surface area contributed by atoms with Crippen molar-refractivity contribution in [1.82, 2.24) is 9.29 Å². The summed E-state index contributed by atoms with van der Waals surface area (Å²) in [5, 5.41) is 2.98. The number of hydrogen-bond acceptors (Lipinski definition) is 4. The first kappa shape index (κ1) is 18.2. The minimum absolute atomic E-state index is 0.0704. The van der Waals surface area contributed by atoms with Gasteiger partial charge >= 0.3 is 0 Å². The first-order chi connectivity index (χ1) is 12.5. The number of methoxy groups -OCH3 is 1. The molecule has 1 heterocycles. The Labute approximate surface area is 152 Å². The van der Waals surface area contributed by atoms with Crippen molar-refractivity contribution in [2.45, 2.75) is 11.4 Å². The number of ether oxygens (including phenoxy) is 1. The molecule has 1 N–H and O–H groups in total. The van der Waals surface area contributed by atoms with E-state index in [2.05, 4.69) is 5.32 Å². The zero-order chi connectivity index (χ0) is 18.7. The quantitative estimate of drug-likeness (QED) is 0.719. The molecule has 1 aromatic heterocycles. The minimum Gasteiger partial charge on any atom is -0.497 e. The molecule has 5 nitrogen and oxygen atoms in total. The summed E-state index contributed by atoms with van der Waals surface area (Å²) < 4.78 is 46.9. The van der Waals surface area contributed by atoms with Gasteiger partial charge < -0.3 is 10.1 Å². The fourth-order valence-electron chi connectivity index (χ4n) is 2.74. The van der Waals surface area contributed by atoms with Crippen LogP contribution >= 0.6 is 0 Å². The molecule has 3 rings (SSSR count). The largest absolute Gasteiger partial charge is 0.497 e. The van der Waals surface area contributed by atoms with Crippen LogP contribution in [0.2, 0.25) is 0 Å². The Morgan fingerprint density at radius 3 is 2.58 bits per heavy atom. The number of aromatic nitrogens is 1. The summed E-state index contributed by atoms with van der Waals surface area (Å²) >= 11 is 0. The van der Waals surface area contributed by atoms with Crippen LogP contribution in [0.25, 0.3) is 11.3 Å². The molecule has 0 amide bonds. The van der Waals surface area contributed by atoms with E-state index in [0.29, 0.717) is 12.3 Å². The summed E-state index contributed by atoms with van der Waals surface area (Å²) in [6, 6.07) is 14.0. The lowest BCUT2D eigenvalue weighted by atomic mass is 10.1. The molecule has 2 aromatic carbocycles. The lowest BCUT2D eigenvalue weighted by Crippen LogP contribution is -2.14. The van der Waals surface area contributed by atoms with Crippen molar-refractivity contribution in [2.24, 2.45) is 0 Å². The highest BCUT2D eigenvalue weighted by Crippen LogP contribution is 2.30. The van der Waals surface area contributed by atoms with Crippen LogP contribution in [0.5, 0.6) is 5.75 Å². The maximum absolute atomic E-state index is 14.3. The minimum atomic E-state index is -3.92. The first-order valence-corrected chi connectivity index (χ1v) is 9.42. The molecule has 0 aliphatic rings. The SMILES string of the molecule is CNCc1cc(-c2ccccc2F)n(S(=O)(=O)c2cccc(OC)c2)c1. The summed E-state index contributed by atoms with van der Waals surface area (Å²) in [4.78, 5) is 0.0704. The molecule has 0 saturated heterocycles. The second kappa shape index (κ2) is 7.31. The number of hydrogen-bond donors (Lipinski definition) is 1. The molecule has 0 bridgehead atoms. The lowest BCUT2D eigenvalue weighted by molar-refractivity contribution is 0.413. The third kappa shape index (κ3) is 3.36. The van der Waals surface area contributed by atoms with Crippen LogP contribution in [0.4, 0.5) is 4.39 Å². The van der Waals surface area contributed by atoms with Crippen molar-refractivity contribution in [3.8, 4) is 17.0 Å². The predicted octanol–water partition coefficient (Wildman–Crippen LogP) is 3.26. The lowest BCUT2D eigenvalue weighted by Gasteiger charge is -2.12. The molecule has 0 atom stereocenters. The monoisotopic (exact) mass is 374 g/mol. The smallest absolute Gasteiger partial charge is 0.268 e. The molecule has 0 radical (unpaired) electrons. The van der Waals surface area contributed by atoms with E-state index < -0.39 is 15.8 Å². The van der Waals surface area contributed by atoms with Gasteiger partial charge in [0.1, 0.15) is 11.6 Å². The summed E-state index contributed by atoms with van der Waals surface area (Å²) in [7, 11) is -0.692. The van der Waals surface area contributed by atoms with E-state index in [1.54, 1.807) is 43.4 Å². The van der Waals surface area contributed by atoms with Crippen LogP contribution in [0.3, 0.4) is 0 Å². The molecular formula is C19H19FN2O3S.